The molecule has 0 bridgehead atoms. The lowest BCUT2D eigenvalue weighted by Crippen LogP contribution is -2.50. The Kier molecular flexibility index (Phi) is 7.61. The standard InChI is InChI=1S/C26H29N3O2/c1-19(2)16-24(26(31)29-15-9-14-22(29)18-27)28-25(30)23(21-12-7-4-8-13-21)17-20-10-5-3-6-11-20/h3-8,10-13,17,19,22,24H,9,14-16H2,1-2H3,(H,28,30)/t22-,24-/m0/s1. The maximum Gasteiger partial charge on any atom is 0.252 e. The molecule has 2 aromatic carbocycles. The molecule has 160 valence electrons. The fourth-order valence-electron chi connectivity index (χ4n) is 3.91. The predicted molar refractivity (Wildman–Crippen MR) is 122 cm³/mol. The molecular weight excluding hydrogens is 386 g/mol. The molecule has 1 fully saturated rings. The van der Waals surface area contributed by atoms with E-state index >= 15 is 0 Å². The Bertz CT molecular complexity index is 961. The van der Waals surface area contributed by atoms with Crippen molar-refractivity contribution >= 4 is 23.5 Å². The highest BCUT2D eigenvalue weighted by Gasteiger charge is 2.34. The van der Waals surface area contributed by atoms with Gasteiger partial charge in [0, 0.05) is 12.1 Å². The third kappa shape index (κ3) is 5.82. The van der Waals surface area contributed by atoms with Crippen LogP contribution >= 0.6 is 0 Å². The van der Waals surface area contributed by atoms with Crippen LogP contribution in [-0.2, 0) is 9.59 Å². The first kappa shape index (κ1) is 22.3. The first-order valence-electron chi connectivity index (χ1n) is 10.8. The number of carbonyl (C=O) groups excluding carboxylic acids is 2. The second-order valence-electron chi connectivity index (χ2n) is 8.31. The number of likely N-dealkylation sites (tertiary alicyclic amines) is 1. The lowest BCUT2D eigenvalue weighted by Gasteiger charge is -2.27. The molecule has 5 heteroatoms. The molecule has 0 aliphatic carbocycles. The smallest absolute Gasteiger partial charge is 0.252 e. The second-order valence-corrected chi connectivity index (χ2v) is 8.31. The zero-order valence-electron chi connectivity index (χ0n) is 18.1. The molecule has 0 saturated carbocycles. The minimum absolute atomic E-state index is 0.168. The van der Waals surface area contributed by atoms with Crippen molar-refractivity contribution in [2.45, 2.75) is 45.2 Å². The van der Waals surface area contributed by atoms with Gasteiger partial charge < -0.3 is 10.2 Å². The minimum atomic E-state index is -0.663. The highest BCUT2D eigenvalue weighted by atomic mass is 16.2. The van der Waals surface area contributed by atoms with E-state index in [0.717, 1.165) is 17.5 Å². The highest BCUT2D eigenvalue weighted by molar-refractivity contribution is 6.24. The maximum absolute atomic E-state index is 13.4. The van der Waals surface area contributed by atoms with Crippen LogP contribution in [0.15, 0.2) is 60.7 Å². The van der Waals surface area contributed by atoms with Crippen molar-refractivity contribution < 1.29 is 9.59 Å². The molecule has 1 aliphatic heterocycles. The Labute approximate surface area is 184 Å². The Morgan fingerprint density at radius 1 is 1.13 bits per heavy atom. The third-order valence-corrected chi connectivity index (χ3v) is 5.44. The molecule has 31 heavy (non-hydrogen) atoms. The Morgan fingerprint density at radius 3 is 2.39 bits per heavy atom. The van der Waals surface area contributed by atoms with Gasteiger partial charge in [0.1, 0.15) is 12.1 Å². The normalized spacial score (nSPS) is 17.3. The molecule has 1 N–H and O–H groups in total. The van der Waals surface area contributed by atoms with E-state index in [4.69, 9.17) is 0 Å². The summed E-state index contributed by atoms with van der Waals surface area (Å²) < 4.78 is 0. The molecular formula is C26H29N3O2. The fraction of sp³-hybridized carbons (Fsp3) is 0.346. The van der Waals surface area contributed by atoms with Crippen LogP contribution in [0.25, 0.3) is 11.6 Å². The summed E-state index contributed by atoms with van der Waals surface area (Å²) in [6.45, 7) is 4.61. The van der Waals surface area contributed by atoms with Gasteiger partial charge in [-0.25, -0.2) is 0 Å². The Hall–Kier alpha value is -3.39. The van der Waals surface area contributed by atoms with Gasteiger partial charge in [0.05, 0.1) is 6.07 Å². The summed E-state index contributed by atoms with van der Waals surface area (Å²) in [7, 11) is 0. The van der Waals surface area contributed by atoms with Gasteiger partial charge in [-0.1, -0.05) is 74.5 Å². The maximum atomic E-state index is 13.4. The largest absolute Gasteiger partial charge is 0.340 e. The van der Waals surface area contributed by atoms with E-state index in [0.29, 0.717) is 25.0 Å². The highest BCUT2D eigenvalue weighted by Crippen LogP contribution is 2.22. The average Bonchev–Trinajstić information content (AvgIpc) is 3.26. The number of carbonyl (C=O) groups is 2. The van der Waals surface area contributed by atoms with Crippen LogP contribution in [0.5, 0.6) is 0 Å². The zero-order valence-corrected chi connectivity index (χ0v) is 18.1. The second kappa shape index (κ2) is 10.6. The molecule has 2 aromatic rings. The molecule has 0 aromatic heterocycles. The molecule has 0 unspecified atom stereocenters. The molecule has 2 atom stereocenters. The van der Waals surface area contributed by atoms with E-state index in [1.165, 1.54) is 0 Å². The van der Waals surface area contributed by atoms with Crippen molar-refractivity contribution in [3.63, 3.8) is 0 Å². The zero-order chi connectivity index (χ0) is 22.2. The monoisotopic (exact) mass is 415 g/mol. The Morgan fingerprint density at radius 2 is 1.77 bits per heavy atom. The summed E-state index contributed by atoms with van der Waals surface area (Å²) in [5.41, 5.74) is 2.20. The summed E-state index contributed by atoms with van der Waals surface area (Å²) in [4.78, 5) is 28.3. The van der Waals surface area contributed by atoms with E-state index < -0.39 is 12.1 Å². The van der Waals surface area contributed by atoms with Gasteiger partial charge in [0.15, 0.2) is 0 Å². The van der Waals surface area contributed by atoms with Crippen LogP contribution < -0.4 is 5.32 Å². The van der Waals surface area contributed by atoms with E-state index in [9.17, 15) is 14.9 Å². The van der Waals surface area contributed by atoms with Crippen LogP contribution in [0.3, 0.4) is 0 Å². The molecule has 3 rings (SSSR count). The molecule has 5 nitrogen and oxygen atoms in total. The van der Waals surface area contributed by atoms with Gasteiger partial charge in [-0.05, 0) is 42.4 Å². The molecule has 1 heterocycles. The Balaban J connectivity index is 1.89. The molecule has 2 amide bonds. The van der Waals surface area contributed by atoms with Gasteiger partial charge in [0.2, 0.25) is 5.91 Å². The summed E-state index contributed by atoms with van der Waals surface area (Å²) >= 11 is 0. The van der Waals surface area contributed by atoms with Crippen molar-refractivity contribution in [1.82, 2.24) is 10.2 Å². The number of hydrogen-bond acceptors (Lipinski definition) is 3. The quantitative estimate of drug-likeness (QED) is 0.542. The van der Waals surface area contributed by atoms with Gasteiger partial charge in [-0.3, -0.25) is 9.59 Å². The van der Waals surface area contributed by atoms with Crippen LogP contribution in [-0.4, -0.2) is 35.3 Å². The van der Waals surface area contributed by atoms with Crippen LogP contribution in [0, 0.1) is 17.2 Å². The van der Waals surface area contributed by atoms with E-state index in [1.54, 1.807) is 4.90 Å². The molecule has 0 spiro atoms. The van der Waals surface area contributed by atoms with E-state index in [2.05, 4.69) is 11.4 Å². The van der Waals surface area contributed by atoms with Crippen molar-refractivity contribution in [2.75, 3.05) is 6.54 Å². The van der Waals surface area contributed by atoms with Gasteiger partial charge in [-0.15, -0.1) is 0 Å². The first-order valence-corrected chi connectivity index (χ1v) is 10.8. The average molecular weight is 416 g/mol. The third-order valence-electron chi connectivity index (χ3n) is 5.44. The minimum Gasteiger partial charge on any atom is -0.340 e. The summed E-state index contributed by atoms with van der Waals surface area (Å²) in [6.07, 6.45) is 3.87. The van der Waals surface area contributed by atoms with Crippen molar-refractivity contribution in [1.29, 1.82) is 5.26 Å². The van der Waals surface area contributed by atoms with Crippen LogP contribution in [0.4, 0.5) is 0 Å². The van der Waals surface area contributed by atoms with E-state index in [-0.39, 0.29) is 17.7 Å². The van der Waals surface area contributed by atoms with Crippen molar-refractivity contribution in [3.05, 3.63) is 71.8 Å². The first-order chi connectivity index (χ1) is 15.0. The van der Waals surface area contributed by atoms with Crippen LogP contribution in [0.2, 0.25) is 0 Å². The van der Waals surface area contributed by atoms with Crippen LogP contribution in [0.1, 0.15) is 44.2 Å². The number of benzene rings is 2. The van der Waals surface area contributed by atoms with Crippen molar-refractivity contribution in [3.8, 4) is 6.07 Å². The fourth-order valence-corrected chi connectivity index (χ4v) is 3.91. The predicted octanol–water partition coefficient (Wildman–Crippen LogP) is 4.27. The summed E-state index contributed by atoms with van der Waals surface area (Å²) in [6, 6.07) is 20.3. The summed E-state index contributed by atoms with van der Waals surface area (Å²) in [5, 5.41) is 12.4. The van der Waals surface area contributed by atoms with Gasteiger partial charge in [0.25, 0.3) is 5.91 Å². The number of nitrogens with one attached hydrogen (secondary N) is 1. The molecule has 0 radical (unpaired) electrons. The van der Waals surface area contributed by atoms with Gasteiger partial charge >= 0.3 is 0 Å². The number of nitrogens with zero attached hydrogens (tertiary/aromatic N) is 2. The van der Waals surface area contributed by atoms with Crippen molar-refractivity contribution in [2.24, 2.45) is 5.92 Å². The number of hydrogen-bond donors (Lipinski definition) is 1. The number of rotatable bonds is 7. The SMILES string of the molecule is CC(C)C[C@H](NC(=O)C(=Cc1ccccc1)c1ccccc1)C(=O)N1CCC[C@H]1C#N. The topological polar surface area (TPSA) is 73.2 Å². The van der Waals surface area contributed by atoms with Gasteiger partial charge in [-0.2, -0.15) is 5.26 Å². The lowest BCUT2D eigenvalue weighted by atomic mass is 9.99. The number of amides is 2. The number of nitriles is 1. The summed E-state index contributed by atoms with van der Waals surface area (Å²) in [5.74, 6) is -0.240. The lowest BCUT2D eigenvalue weighted by molar-refractivity contribution is -0.135. The van der Waals surface area contributed by atoms with E-state index in [1.807, 2.05) is 80.6 Å². The molecule has 1 aliphatic rings. The molecule has 1 saturated heterocycles.